The summed E-state index contributed by atoms with van der Waals surface area (Å²) in [6.07, 6.45) is 2.56. The maximum Gasteiger partial charge on any atom is 0.129 e. The highest BCUT2D eigenvalue weighted by atomic mass is 16.1. The van der Waals surface area contributed by atoms with E-state index in [9.17, 15) is 4.79 Å². The van der Waals surface area contributed by atoms with E-state index < -0.39 is 0 Å². The molecule has 14 heavy (non-hydrogen) atoms. The Hall–Kier alpha value is -1.12. The molecule has 1 heterocycles. The summed E-state index contributed by atoms with van der Waals surface area (Å²) < 4.78 is 2.01. The molecule has 0 unspecified atom stereocenters. The lowest BCUT2D eigenvalue weighted by atomic mass is 10.1. The van der Waals surface area contributed by atoms with E-state index in [4.69, 9.17) is 0 Å². The van der Waals surface area contributed by atoms with Gasteiger partial charge in [0.15, 0.2) is 0 Å². The Kier molecular flexibility index (Phi) is 3.86. The Morgan fingerprint density at radius 1 is 1.57 bits per heavy atom. The summed E-state index contributed by atoms with van der Waals surface area (Å²) in [5.74, 6) is 0.268. The van der Waals surface area contributed by atoms with Crippen molar-refractivity contribution >= 4 is 5.78 Å². The highest BCUT2D eigenvalue weighted by molar-refractivity contribution is 5.75. The van der Waals surface area contributed by atoms with E-state index >= 15 is 0 Å². The maximum absolute atomic E-state index is 10.8. The third-order valence-electron chi connectivity index (χ3n) is 2.25. The number of rotatable bonds is 5. The average molecular weight is 194 g/mol. The summed E-state index contributed by atoms with van der Waals surface area (Å²) in [5, 5.41) is 4.36. The molecule has 78 valence electrons. The van der Waals surface area contributed by atoms with Crippen molar-refractivity contribution in [3.8, 4) is 0 Å². The van der Waals surface area contributed by atoms with Gasteiger partial charge in [-0.3, -0.25) is 4.68 Å². The summed E-state index contributed by atoms with van der Waals surface area (Å²) in [5.41, 5.74) is 2.30. The molecule has 0 saturated heterocycles. The SMILES string of the molecule is CCn1nc(C)cc1CCCC(C)=O. The van der Waals surface area contributed by atoms with Crippen LogP contribution in [0.2, 0.25) is 0 Å². The fourth-order valence-corrected chi connectivity index (χ4v) is 1.59. The van der Waals surface area contributed by atoms with Gasteiger partial charge >= 0.3 is 0 Å². The van der Waals surface area contributed by atoms with Crippen molar-refractivity contribution in [3.05, 3.63) is 17.5 Å². The minimum Gasteiger partial charge on any atom is -0.300 e. The van der Waals surface area contributed by atoms with Crippen LogP contribution in [0.3, 0.4) is 0 Å². The smallest absolute Gasteiger partial charge is 0.129 e. The first kappa shape index (κ1) is 11.0. The van der Waals surface area contributed by atoms with Gasteiger partial charge in [0.05, 0.1) is 5.69 Å². The monoisotopic (exact) mass is 194 g/mol. The van der Waals surface area contributed by atoms with E-state index in [0.29, 0.717) is 6.42 Å². The molecular weight excluding hydrogens is 176 g/mol. The molecule has 3 nitrogen and oxygen atoms in total. The van der Waals surface area contributed by atoms with Crippen LogP contribution in [0, 0.1) is 6.92 Å². The Balaban J connectivity index is 2.52. The molecule has 0 spiro atoms. The van der Waals surface area contributed by atoms with Crippen LogP contribution in [-0.4, -0.2) is 15.6 Å². The van der Waals surface area contributed by atoms with Crippen molar-refractivity contribution in [2.24, 2.45) is 0 Å². The Labute approximate surface area is 85.1 Å². The number of aryl methyl sites for hydroxylation is 3. The largest absolute Gasteiger partial charge is 0.300 e. The van der Waals surface area contributed by atoms with Crippen LogP contribution in [0.25, 0.3) is 0 Å². The third-order valence-corrected chi connectivity index (χ3v) is 2.25. The van der Waals surface area contributed by atoms with Crippen LogP contribution < -0.4 is 0 Å². The van der Waals surface area contributed by atoms with E-state index in [-0.39, 0.29) is 5.78 Å². The van der Waals surface area contributed by atoms with E-state index in [2.05, 4.69) is 18.1 Å². The summed E-state index contributed by atoms with van der Waals surface area (Å²) in [4.78, 5) is 10.8. The van der Waals surface area contributed by atoms with Gasteiger partial charge in [0.25, 0.3) is 0 Å². The fourth-order valence-electron chi connectivity index (χ4n) is 1.59. The molecular formula is C11H18N2O. The molecule has 0 aromatic carbocycles. The van der Waals surface area contributed by atoms with Crippen LogP contribution in [0.15, 0.2) is 6.07 Å². The molecule has 0 aliphatic heterocycles. The lowest BCUT2D eigenvalue weighted by Crippen LogP contribution is -2.03. The van der Waals surface area contributed by atoms with E-state index in [1.54, 1.807) is 6.92 Å². The molecule has 0 fully saturated rings. The molecule has 0 saturated carbocycles. The van der Waals surface area contributed by atoms with Crippen LogP contribution in [0.4, 0.5) is 0 Å². The van der Waals surface area contributed by atoms with Crippen molar-refractivity contribution in [1.29, 1.82) is 0 Å². The predicted molar refractivity (Wildman–Crippen MR) is 56.3 cm³/mol. The first-order valence-electron chi connectivity index (χ1n) is 5.16. The Morgan fingerprint density at radius 2 is 2.29 bits per heavy atom. The van der Waals surface area contributed by atoms with Crippen molar-refractivity contribution in [2.45, 2.75) is 46.6 Å². The quantitative estimate of drug-likeness (QED) is 0.719. The van der Waals surface area contributed by atoms with Gasteiger partial charge in [-0.15, -0.1) is 0 Å². The topological polar surface area (TPSA) is 34.9 Å². The summed E-state index contributed by atoms with van der Waals surface area (Å²) in [7, 11) is 0. The van der Waals surface area contributed by atoms with E-state index in [0.717, 1.165) is 25.1 Å². The maximum atomic E-state index is 10.8. The van der Waals surface area contributed by atoms with Crippen LogP contribution in [-0.2, 0) is 17.8 Å². The van der Waals surface area contributed by atoms with Crippen molar-refractivity contribution < 1.29 is 4.79 Å². The molecule has 0 amide bonds. The second kappa shape index (κ2) is 4.94. The molecule has 0 aliphatic rings. The number of ketones is 1. The minimum atomic E-state index is 0.268. The Morgan fingerprint density at radius 3 is 2.86 bits per heavy atom. The van der Waals surface area contributed by atoms with Gasteiger partial charge in [-0.05, 0) is 39.7 Å². The van der Waals surface area contributed by atoms with Crippen molar-refractivity contribution in [3.63, 3.8) is 0 Å². The van der Waals surface area contributed by atoms with Crippen LogP contribution >= 0.6 is 0 Å². The molecule has 1 rings (SSSR count). The zero-order valence-corrected chi connectivity index (χ0v) is 9.21. The first-order valence-corrected chi connectivity index (χ1v) is 5.16. The highest BCUT2D eigenvalue weighted by Crippen LogP contribution is 2.08. The Bertz CT molecular complexity index is 315. The van der Waals surface area contributed by atoms with E-state index in [1.165, 1.54) is 5.69 Å². The number of hydrogen-bond donors (Lipinski definition) is 0. The summed E-state index contributed by atoms with van der Waals surface area (Å²) in [6, 6.07) is 2.10. The van der Waals surface area contributed by atoms with E-state index in [1.807, 2.05) is 11.6 Å². The predicted octanol–water partition coefficient (Wildman–Crippen LogP) is 2.12. The molecule has 0 N–H and O–H groups in total. The second-order valence-corrected chi connectivity index (χ2v) is 3.65. The summed E-state index contributed by atoms with van der Waals surface area (Å²) in [6.45, 7) is 6.63. The van der Waals surface area contributed by atoms with Crippen molar-refractivity contribution in [1.82, 2.24) is 9.78 Å². The van der Waals surface area contributed by atoms with Crippen LogP contribution in [0.1, 0.15) is 38.1 Å². The molecule has 0 atom stereocenters. The van der Waals surface area contributed by atoms with Gasteiger partial charge in [0.2, 0.25) is 0 Å². The molecule has 0 radical (unpaired) electrons. The number of Topliss-reactive ketones (excluding diaryl/α,β-unsaturated/α-hetero) is 1. The molecule has 1 aromatic rings. The van der Waals surface area contributed by atoms with Gasteiger partial charge in [0, 0.05) is 18.7 Å². The number of carbonyl (C=O) groups is 1. The zero-order valence-electron chi connectivity index (χ0n) is 9.21. The highest BCUT2D eigenvalue weighted by Gasteiger charge is 2.03. The normalized spacial score (nSPS) is 10.5. The zero-order chi connectivity index (χ0) is 10.6. The lowest BCUT2D eigenvalue weighted by Gasteiger charge is -2.02. The average Bonchev–Trinajstić information content (AvgIpc) is 2.45. The lowest BCUT2D eigenvalue weighted by molar-refractivity contribution is -0.117. The summed E-state index contributed by atoms with van der Waals surface area (Å²) >= 11 is 0. The molecule has 3 heteroatoms. The number of aromatic nitrogens is 2. The second-order valence-electron chi connectivity index (χ2n) is 3.65. The van der Waals surface area contributed by atoms with Gasteiger partial charge in [-0.25, -0.2) is 0 Å². The number of carbonyl (C=O) groups excluding carboxylic acids is 1. The van der Waals surface area contributed by atoms with Gasteiger partial charge in [0.1, 0.15) is 5.78 Å². The fraction of sp³-hybridized carbons (Fsp3) is 0.636. The third kappa shape index (κ3) is 2.98. The number of nitrogens with zero attached hydrogens (tertiary/aromatic N) is 2. The van der Waals surface area contributed by atoms with Gasteiger partial charge in [-0.1, -0.05) is 0 Å². The number of hydrogen-bond acceptors (Lipinski definition) is 2. The van der Waals surface area contributed by atoms with Crippen LogP contribution in [0.5, 0.6) is 0 Å². The standard InChI is InChI=1S/C11H18N2O/c1-4-13-11(8-9(2)12-13)7-5-6-10(3)14/h8H,4-7H2,1-3H3. The molecule has 0 aliphatic carbocycles. The van der Waals surface area contributed by atoms with Gasteiger partial charge in [-0.2, -0.15) is 5.10 Å². The van der Waals surface area contributed by atoms with Crippen molar-refractivity contribution in [2.75, 3.05) is 0 Å². The first-order chi connectivity index (χ1) is 6.63. The van der Waals surface area contributed by atoms with Gasteiger partial charge < -0.3 is 4.79 Å². The molecule has 1 aromatic heterocycles. The minimum absolute atomic E-state index is 0.268. The molecule has 0 bridgehead atoms.